The summed E-state index contributed by atoms with van der Waals surface area (Å²) in [5.74, 6) is -1.46. The highest BCUT2D eigenvalue weighted by atomic mass is 16.6. The molecule has 9 heteroatoms. The van der Waals surface area contributed by atoms with Gasteiger partial charge >= 0.3 is 11.2 Å². The van der Waals surface area contributed by atoms with Crippen LogP contribution < -0.4 is 16.4 Å². The summed E-state index contributed by atoms with van der Waals surface area (Å²) in [6.45, 7) is 0. The van der Waals surface area contributed by atoms with Crippen molar-refractivity contribution in [2.75, 3.05) is 5.43 Å². The number of carbonyl (C=O) groups is 1. The van der Waals surface area contributed by atoms with Crippen molar-refractivity contribution >= 4 is 17.4 Å². The summed E-state index contributed by atoms with van der Waals surface area (Å²) in [5.41, 5.74) is 4.58. The fourth-order valence-corrected chi connectivity index (χ4v) is 2.63. The van der Waals surface area contributed by atoms with Crippen molar-refractivity contribution in [2.24, 2.45) is 0 Å². The fourth-order valence-electron chi connectivity index (χ4n) is 2.63. The Morgan fingerprint density at radius 3 is 2.11 bits per heavy atom. The van der Waals surface area contributed by atoms with Crippen molar-refractivity contribution in [1.29, 1.82) is 0 Å². The first kappa shape index (κ1) is 17.8. The lowest BCUT2D eigenvalue weighted by molar-refractivity contribution is -0.385. The minimum atomic E-state index is -0.922. The molecule has 1 aromatic heterocycles. The maximum Gasteiger partial charge on any atom is 0.377 e. The average molecular weight is 365 g/mol. The lowest BCUT2D eigenvalue weighted by Gasteiger charge is -2.18. The van der Waals surface area contributed by atoms with E-state index in [9.17, 15) is 19.7 Å². The van der Waals surface area contributed by atoms with Gasteiger partial charge in [0.1, 0.15) is 0 Å². The van der Waals surface area contributed by atoms with Gasteiger partial charge in [0.2, 0.25) is 11.7 Å². The number of hydrogen-bond acceptors (Lipinski definition) is 6. The standard InChI is InChI=1S/C18H15N5O4/c24-17(22-21-16-15(23(26)27)18(25)20-11-19-16)14(12-7-3-1-4-8-12)13-9-5-2-6-10-13/h1-11,14H,(H,22,24)(H2,19,20,21,25). The van der Waals surface area contributed by atoms with Crippen LogP contribution >= 0.6 is 0 Å². The SMILES string of the molecule is O=C(NNc1nc[nH]c(=O)c1[N+](=O)[O-])C(c1ccccc1)c1ccccc1. The van der Waals surface area contributed by atoms with Gasteiger partial charge in [0.15, 0.2) is 0 Å². The molecule has 3 rings (SSSR count). The number of amides is 1. The molecule has 0 aliphatic heterocycles. The van der Waals surface area contributed by atoms with Crippen LogP contribution in [0.4, 0.5) is 11.5 Å². The summed E-state index contributed by atoms with van der Waals surface area (Å²) in [7, 11) is 0. The number of benzene rings is 2. The van der Waals surface area contributed by atoms with Crippen LogP contribution in [0.1, 0.15) is 17.0 Å². The van der Waals surface area contributed by atoms with Crippen molar-refractivity contribution in [3.63, 3.8) is 0 Å². The van der Waals surface area contributed by atoms with Crippen LogP contribution in [0.3, 0.4) is 0 Å². The number of hydrazine groups is 1. The number of carbonyl (C=O) groups excluding carboxylic acids is 1. The zero-order valence-electron chi connectivity index (χ0n) is 14.0. The highest BCUT2D eigenvalue weighted by Gasteiger charge is 2.25. The highest BCUT2D eigenvalue weighted by Crippen LogP contribution is 2.25. The Hall–Kier alpha value is -4.01. The highest BCUT2D eigenvalue weighted by molar-refractivity contribution is 5.88. The van der Waals surface area contributed by atoms with Gasteiger partial charge in [-0.25, -0.2) is 4.98 Å². The van der Waals surface area contributed by atoms with Crippen LogP contribution in [0.5, 0.6) is 0 Å². The minimum Gasteiger partial charge on any atom is -0.307 e. The third-order valence-electron chi connectivity index (χ3n) is 3.84. The van der Waals surface area contributed by atoms with Crippen LogP contribution in [0.25, 0.3) is 0 Å². The molecule has 0 aliphatic carbocycles. The maximum atomic E-state index is 12.8. The number of hydrogen-bond donors (Lipinski definition) is 3. The molecule has 0 saturated heterocycles. The predicted molar refractivity (Wildman–Crippen MR) is 98.0 cm³/mol. The molecular formula is C18H15N5O4. The average Bonchev–Trinajstić information content (AvgIpc) is 2.68. The van der Waals surface area contributed by atoms with Crippen LogP contribution in [0.15, 0.2) is 71.8 Å². The van der Waals surface area contributed by atoms with E-state index in [-0.39, 0.29) is 5.82 Å². The summed E-state index contributed by atoms with van der Waals surface area (Å²) in [4.78, 5) is 40.5. The molecule has 0 atom stereocenters. The summed E-state index contributed by atoms with van der Waals surface area (Å²) < 4.78 is 0. The molecule has 0 fully saturated rings. The first-order valence-electron chi connectivity index (χ1n) is 7.95. The number of aromatic nitrogens is 2. The Morgan fingerprint density at radius 2 is 1.59 bits per heavy atom. The molecule has 1 heterocycles. The van der Waals surface area contributed by atoms with Crippen LogP contribution in [0, 0.1) is 10.1 Å². The Kier molecular flexibility index (Phi) is 5.22. The number of anilines is 1. The molecule has 1 amide bonds. The summed E-state index contributed by atoms with van der Waals surface area (Å²) >= 11 is 0. The quantitative estimate of drug-likeness (QED) is 0.452. The lowest BCUT2D eigenvalue weighted by Crippen LogP contribution is -2.35. The van der Waals surface area contributed by atoms with Gasteiger partial charge in [0, 0.05) is 0 Å². The molecule has 0 aliphatic rings. The topological polar surface area (TPSA) is 130 Å². The summed E-state index contributed by atoms with van der Waals surface area (Å²) in [6, 6.07) is 18.2. The lowest BCUT2D eigenvalue weighted by atomic mass is 9.91. The first-order valence-corrected chi connectivity index (χ1v) is 7.95. The van der Waals surface area contributed by atoms with Gasteiger partial charge in [-0.05, 0) is 11.1 Å². The smallest absolute Gasteiger partial charge is 0.307 e. The van der Waals surface area contributed by atoms with Crippen LogP contribution in [-0.4, -0.2) is 20.8 Å². The van der Waals surface area contributed by atoms with E-state index in [1.807, 2.05) is 60.7 Å². The second-order valence-electron chi connectivity index (χ2n) is 5.55. The Bertz CT molecular complexity index is 966. The molecule has 0 spiro atoms. The van der Waals surface area contributed by atoms with E-state index in [0.29, 0.717) is 0 Å². The Morgan fingerprint density at radius 1 is 1.04 bits per heavy atom. The third kappa shape index (κ3) is 3.98. The van der Waals surface area contributed by atoms with E-state index < -0.39 is 28.0 Å². The van der Waals surface area contributed by atoms with Crippen molar-refractivity contribution < 1.29 is 9.72 Å². The van der Waals surface area contributed by atoms with Gasteiger partial charge in [0.05, 0.1) is 17.2 Å². The number of nitro groups is 1. The molecule has 3 aromatic rings. The van der Waals surface area contributed by atoms with E-state index in [1.165, 1.54) is 0 Å². The van der Waals surface area contributed by atoms with Crippen molar-refractivity contribution in [3.8, 4) is 0 Å². The summed E-state index contributed by atoms with van der Waals surface area (Å²) in [6.07, 6.45) is 1.01. The minimum absolute atomic E-state index is 0.350. The van der Waals surface area contributed by atoms with Crippen LogP contribution in [0.2, 0.25) is 0 Å². The first-order chi connectivity index (χ1) is 13.1. The van der Waals surface area contributed by atoms with Gasteiger partial charge in [-0.15, -0.1) is 0 Å². The number of nitrogens with zero attached hydrogens (tertiary/aromatic N) is 2. The van der Waals surface area contributed by atoms with Crippen molar-refractivity contribution in [2.45, 2.75) is 5.92 Å². The van der Waals surface area contributed by atoms with E-state index in [0.717, 1.165) is 17.5 Å². The Balaban J connectivity index is 1.88. The predicted octanol–water partition coefficient (Wildman–Crippen LogP) is 1.95. The van der Waals surface area contributed by atoms with E-state index in [4.69, 9.17) is 0 Å². The largest absolute Gasteiger partial charge is 0.377 e. The molecule has 0 unspecified atom stereocenters. The van der Waals surface area contributed by atoms with E-state index in [2.05, 4.69) is 20.8 Å². The van der Waals surface area contributed by atoms with Gasteiger partial charge in [-0.2, -0.15) is 0 Å². The zero-order valence-corrected chi connectivity index (χ0v) is 14.0. The van der Waals surface area contributed by atoms with Crippen LogP contribution in [-0.2, 0) is 4.79 Å². The van der Waals surface area contributed by atoms with Crippen molar-refractivity contribution in [3.05, 3.63) is 98.6 Å². The Labute approximate surface area is 153 Å². The molecule has 3 N–H and O–H groups in total. The van der Waals surface area contributed by atoms with E-state index >= 15 is 0 Å². The zero-order chi connectivity index (χ0) is 19.2. The molecule has 136 valence electrons. The molecule has 9 nitrogen and oxygen atoms in total. The molecule has 0 bridgehead atoms. The molecule has 0 radical (unpaired) electrons. The molecule has 2 aromatic carbocycles. The normalized spacial score (nSPS) is 10.4. The third-order valence-corrected chi connectivity index (χ3v) is 3.84. The number of H-pyrrole nitrogens is 1. The molecule has 0 saturated carbocycles. The fraction of sp³-hybridized carbons (Fsp3) is 0.0556. The second-order valence-corrected chi connectivity index (χ2v) is 5.55. The number of aromatic amines is 1. The monoisotopic (exact) mass is 365 g/mol. The number of nitrogens with one attached hydrogen (secondary N) is 3. The molecular weight excluding hydrogens is 350 g/mol. The second kappa shape index (κ2) is 7.91. The maximum absolute atomic E-state index is 12.8. The van der Waals surface area contributed by atoms with E-state index in [1.54, 1.807) is 0 Å². The number of rotatable bonds is 6. The van der Waals surface area contributed by atoms with Gasteiger partial charge in [-0.3, -0.25) is 30.6 Å². The summed E-state index contributed by atoms with van der Waals surface area (Å²) in [5, 5.41) is 11.1. The molecule has 27 heavy (non-hydrogen) atoms. The van der Waals surface area contributed by atoms with Gasteiger partial charge in [-0.1, -0.05) is 60.7 Å². The van der Waals surface area contributed by atoms with Gasteiger partial charge < -0.3 is 4.98 Å². The van der Waals surface area contributed by atoms with Gasteiger partial charge in [0.25, 0.3) is 0 Å². The van der Waals surface area contributed by atoms with Crippen molar-refractivity contribution in [1.82, 2.24) is 15.4 Å².